The summed E-state index contributed by atoms with van der Waals surface area (Å²) in [6.07, 6.45) is 0.987. The Kier molecular flexibility index (Phi) is 7.55. The maximum Gasteiger partial charge on any atom is 0.319 e. The topological polar surface area (TPSA) is 109 Å². The molecule has 35 heavy (non-hydrogen) atoms. The number of carbonyl (C=O) groups excluding carboxylic acids is 3. The molecule has 4 rings (SSSR count). The minimum absolute atomic E-state index is 0.00749. The summed E-state index contributed by atoms with van der Waals surface area (Å²) in [5, 5.41) is 8.41. The molecule has 0 radical (unpaired) electrons. The Morgan fingerprint density at radius 2 is 1.83 bits per heavy atom. The zero-order valence-corrected chi connectivity index (χ0v) is 20.2. The third-order valence-corrected chi connectivity index (χ3v) is 6.16. The van der Waals surface area contributed by atoms with Crippen LogP contribution in [0.4, 0.5) is 16.2 Å². The lowest BCUT2D eigenvalue weighted by Crippen LogP contribution is -2.53. The van der Waals surface area contributed by atoms with Crippen molar-refractivity contribution in [2.75, 3.05) is 24.3 Å². The van der Waals surface area contributed by atoms with Gasteiger partial charge in [0, 0.05) is 24.5 Å². The van der Waals surface area contributed by atoms with Crippen molar-refractivity contribution in [3.63, 3.8) is 0 Å². The predicted molar refractivity (Wildman–Crippen MR) is 133 cm³/mol. The highest BCUT2D eigenvalue weighted by Crippen LogP contribution is 2.32. The first-order chi connectivity index (χ1) is 16.8. The summed E-state index contributed by atoms with van der Waals surface area (Å²) >= 11 is 0. The Morgan fingerprint density at radius 1 is 1.06 bits per heavy atom. The maximum atomic E-state index is 13.3. The van der Waals surface area contributed by atoms with Crippen molar-refractivity contribution in [3.8, 4) is 5.75 Å². The van der Waals surface area contributed by atoms with Gasteiger partial charge in [-0.15, -0.1) is 0 Å². The fraction of sp³-hybridized carbons (Fsp3) is 0.423. The molecule has 2 aromatic rings. The van der Waals surface area contributed by atoms with Crippen LogP contribution in [-0.2, 0) is 9.53 Å². The van der Waals surface area contributed by atoms with Gasteiger partial charge in [0.1, 0.15) is 18.5 Å². The van der Waals surface area contributed by atoms with Crippen LogP contribution in [-0.4, -0.2) is 60.7 Å². The van der Waals surface area contributed by atoms with E-state index in [4.69, 9.17) is 9.47 Å². The normalized spacial score (nSPS) is 21.7. The predicted octanol–water partition coefficient (Wildman–Crippen LogP) is 3.63. The summed E-state index contributed by atoms with van der Waals surface area (Å²) in [6.45, 7) is 4.00. The smallest absolute Gasteiger partial charge is 0.319 e. The molecule has 2 aliphatic rings. The Labute approximate surface area is 205 Å². The number of anilines is 2. The number of amides is 4. The van der Waals surface area contributed by atoms with E-state index in [1.807, 2.05) is 44.2 Å². The number of urea groups is 1. The number of nitrogens with zero attached hydrogens (tertiary/aromatic N) is 1. The van der Waals surface area contributed by atoms with Crippen molar-refractivity contribution >= 4 is 29.2 Å². The van der Waals surface area contributed by atoms with Crippen LogP contribution in [0.1, 0.15) is 43.5 Å². The van der Waals surface area contributed by atoms with E-state index in [0.29, 0.717) is 29.8 Å². The zero-order valence-electron chi connectivity index (χ0n) is 20.2. The van der Waals surface area contributed by atoms with Gasteiger partial charge in [0.05, 0.1) is 24.1 Å². The molecule has 9 nitrogen and oxygen atoms in total. The van der Waals surface area contributed by atoms with Gasteiger partial charge in [0.25, 0.3) is 5.91 Å². The minimum atomic E-state index is -0.352. The first-order valence-electron chi connectivity index (χ1n) is 11.9. The average Bonchev–Trinajstić information content (AvgIpc) is 2.82. The fourth-order valence-electron chi connectivity index (χ4n) is 4.47. The third-order valence-electron chi connectivity index (χ3n) is 6.16. The molecule has 4 amide bonds. The molecule has 0 aliphatic carbocycles. The number of hydrogen-bond donors (Lipinski definition) is 3. The SMILES string of the molecule is CC(C)NC(=O)Nc1ccc2c(c1)C(=O)N(C)[C@H]1CC[C@@H](CC(=O)Nc3ccccc3)O[C@@H]1CO2. The quantitative estimate of drug-likeness (QED) is 0.606. The molecule has 1 saturated heterocycles. The van der Waals surface area contributed by atoms with Crippen LogP contribution in [0.25, 0.3) is 0 Å². The van der Waals surface area contributed by atoms with Crippen molar-refractivity contribution in [2.45, 2.75) is 57.4 Å². The standard InChI is InChI=1S/C26H32N4O5/c1-16(2)27-26(33)29-18-9-12-22-20(13-18)25(32)30(3)21-11-10-19(35-23(21)15-34-22)14-24(31)28-17-7-5-4-6-8-17/h4-9,12-13,16,19,21,23H,10-11,14-15H2,1-3H3,(H,28,31)(H2,27,29,33)/t19-,21-,23+/m0/s1. The number of carbonyl (C=O) groups is 3. The van der Waals surface area contributed by atoms with E-state index in [-0.39, 0.29) is 55.2 Å². The summed E-state index contributed by atoms with van der Waals surface area (Å²) in [6, 6.07) is 13.8. The first kappa shape index (κ1) is 24.5. The van der Waals surface area contributed by atoms with Crippen molar-refractivity contribution < 1.29 is 23.9 Å². The van der Waals surface area contributed by atoms with Crippen molar-refractivity contribution in [2.24, 2.45) is 0 Å². The number of nitrogens with one attached hydrogen (secondary N) is 3. The molecule has 0 unspecified atom stereocenters. The van der Waals surface area contributed by atoms with Crippen molar-refractivity contribution in [1.82, 2.24) is 10.2 Å². The molecule has 2 aliphatic heterocycles. The number of ether oxygens (including phenoxy) is 2. The van der Waals surface area contributed by atoms with Gasteiger partial charge in [-0.3, -0.25) is 9.59 Å². The second-order valence-corrected chi connectivity index (χ2v) is 9.25. The Balaban J connectivity index is 1.42. The minimum Gasteiger partial charge on any atom is -0.490 e. The van der Waals surface area contributed by atoms with Gasteiger partial charge in [0.2, 0.25) is 5.91 Å². The second-order valence-electron chi connectivity index (χ2n) is 9.25. The first-order valence-corrected chi connectivity index (χ1v) is 11.9. The van der Waals surface area contributed by atoms with E-state index >= 15 is 0 Å². The van der Waals surface area contributed by atoms with Gasteiger partial charge >= 0.3 is 6.03 Å². The van der Waals surface area contributed by atoms with Crippen LogP contribution in [0.15, 0.2) is 48.5 Å². The molecule has 2 aromatic carbocycles. The Morgan fingerprint density at radius 3 is 2.57 bits per heavy atom. The average molecular weight is 481 g/mol. The van der Waals surface area contributed by atoms with E-state index < -0.39 is 0 Å². The largest absolute Gasteiger partial charge is 0.490 e. The number of para-hydroxylation sites is 1. The summed E-state index contributed by atoms with van der Waals surface area (Å²) in [5.41, 5.74) is 1.64. The van der Waals surface area contributed by atoms with E-state index in [2.05, 4.69) is 16.0 Å². The van der Waals surface area contributed by atoms with Crippen molar-refractivity contribution in [3.05, 3.63) is 54.1 Å². The van der Waals surface area contributed by atoms with E-state index in [9.17, 15) is 14.4 Å². The van der Waals surface area contributed by atoms with Gasteiger partial charge < -0.3 is 30.3 Å². The monoisotopic (exact) mass is 480 g/mol. The van der Waals surface area contributed by atoms with Crippen LogP contribution in [0.3, 0.4) is 0 Å². The van der Waals surface area contributed by atoms with E-state index in [1.165, 1.54) is 0 Å². The Hall–Kier alpha value is -3.59. The highest BCUT2D eigenvalue weighted by atomic mass is 16.5. The van der Waals surface area contributed by atoms with E-state index in [1.54, 1.807) is 30.1 Å². The molecule has 0 saturated carbocycles. The van der Waals surface area contributed by atoms with E-state index in [0.717, 1.165) is 5.69 Å². The molecule has 0 spiro atoms. The summed E-state index contributed by atoms with van der Waals surface area (Å²) < 4.78 is 12.2. The highest BCUT2D eigenvalue weighted by molar-refractivity contribution is 5.99. The number of hydrogen-bond acceptors (Lipinski definition) is 5. The maximum absolute atomic E-state index is 13.3. The molecule has 0 bridgehead atoms. The zero-order chi connectivity index (χ0) is 24.9. The molecule has 0 aromatic heterocycles. The molecule has 186 valence electrons. The lowest BCUT2D eigenvalue weighted by Gasteiger charge is -2.42. The van der Waals surface area contributed by atoms with Gasteiger partial charge in [0.15, 0.2) is 0 Å². The third kappa shape index (κ3) is 6.10. The summed E-state index contributed by atoms with van der Waals surface area (Å²) in [4.78, 5) is 39.6. The fourth-order valence-corrected chi connectivity index (χ4v) is 4.47. The van der Waals surface area contributed by atoms with Crippen LogP contribution in [0, 0.1) is 0 Å². The molecule has 3 N–H and O–H groups in total. The lowest BCUT2D eigenvalue weighted by molar-refractivity contribution is -0.130. The number of fused-ring (bicyclic) bond motifs is 2. The van der Waals surface area contributed by atoms with Gasteiger partial charge in [-0.05, 0) is 57.0 Å². The van der Waals surface area contributed by atoms with Gasteiger partial charge in [-0.25, -0.2) is 4.79 Å². The molecule has 1 fully saturated rings. The molecular weight excluding hydrogens is 448 g/mol. The molecule has 3 atom stereocenters. The van der Waals surface area contributed by atoms with Gasteiger partial charge in [-0.2, -0.15) is 0 Å². The Bertz CT molecular complexity index is 1070. The highest BCUT2D eigenvalue weighted by Gasteiger charge is 2.39. The van der Waals surface area contributed by atoms with Crippen molar-refractivity contribution in [1.29, 1.82) is 0 Å². The summed E-state index contributed by atoms with van der Waals surface area (Å²) in [7, 11) is 1.76. The van der Waals surface area contributed by atoms with Gasteiger partial charge in [-0.1, -0.05) is 18.2 Å². The second kappa shape index (κ2) is 10.8. The van der Waals surface area contributed by atoms with Crippen LogP contribution >= 0.6 is 0 Å². The van der Waals surface area contributed by atoms with Crippen LogP contribution in [0.5, 0.6) is 5.75 Å². The van der Waals surface area contributed by atoms with Crippen LogP contribution < -0.4 is 20.7 Å². The molecule has 2 heterocycles. The number of rotatable bonds is 5. The number of benzene rings is 2. The lowest BCUT2D eigenvalue weighted by atomic mass is 9.94. The molecule has 9 heteroatoms. The van der Waals surface area contributed by atoms with Crippen LogP contribution in [0.2, 0.25) is 0 Å². The summed E-state index contributed by atoms with van der Waals surface area (Å²) in [5.74, 6) is 0.122. The molecular formula is C26H32N4O5. The number of likely N-dealkylation sites (N-methyl/N-ethyl adjacent to an activating group) is 1.